The van der Waals surface area contributed by atoms with E-state index in [2.05, 4.69) is 10.2 Å². The van der Waals surface area contributed by atoms with E-state index < -0.39 is 14.9 Å². The van der Waals surface area contributed by atoms with Crippen molar-refractivity contribution < 1.29 is 18.1 Å². The summed E-state index contributed by atoms with van der Waals surface area (Å²) in [4.78, 5) is 12.3. The van der Waals surface area contributed by atoms with E-state index in [-0.39, 0.29) is 23.7 Å². The third-order valence-electron chi connectivity index (χ3n) is 5.36. The van der Waals surface area contributed by atoms with Gasteiger partial charge in [0, 0.05) is 43.9 Å². The van der Waals surface area contributed by atoms with Crippen molar-refractivity contribution >= 4 is 21.5 Å². The Morgan fingerprint density at radius 3 is 2.15 bits per heavy atom. The quantitative estimate of drug-likeness (QED) is 0.383. The number of rotatable bonds is 7. The number of nitro groups is 1. The summed E-state index contributed by atoms with van der Waals surface area (Å²) in [6, 6.07) is 16.3. The molecule has 0 radical (unpaired) electrons. The monoisotopic (exact) mass is 469 g/mol. The van der Waals surface area contributed by atoms with Gasteiger partial charge in [-0.1, -0.05) is 0 Å². The van der Waals surface area contributed by atoms with Crippen molar-refractivity contribution in [3.05, 3.63) is 70.8 Å². The second-order valence-corrected chi connectivity index (χ2v) is 9.31. The summed E-state index contributed by atoms with van der Waals surface area (Å²) in [5.74, 6) is 1.48. The fraction of sp³-hybridized carbons (Fsp3) is 0.273. The van der Waals surface area contributed by atoms with Gasteiger partial charge in [-0.05, 0) is 55.5 Å². The molecule has 172 valence electrons. The summed E-state index contributed by atoms with van der Waals surface area (Å²) in [5, 5.41) is 19.4. The predicted octanol–water partition coefficient (Wildman–Crippen LogP) is 2.96. The molecule has 0 bridgehead atoms. The summed E-state index contributed by atoms with van der Waals surface area (Å²) in [6.07, 6.45) is 0. The van der Waals surface area contributed by atoms with Gasteiger partial charge in [-0.3, -0.25) is 10.1 Å². The zero-order chi connectivity index (χ0) is 23.4. The van der Waals surface area contributed by atoms with Crippen LogP contribution in [0.15, 0.2) is 65.6 Å². The molecule has 0 unspecified atom stereocenters. The number of sulfonamides is 1. The zero-order valence-electron chi connectivity index (χ0n) is 18.0. The van der Waals surface area contributed by atoms with Gasteiger partial charge in [0.05, 0.1) is 22.1 Å². The molecule has 0 aliphatic carbocycles. The minimum absolute atomic E-state index is 0.0426. The Morgan fingerprint density at radius 2 is 1.61 bits per heavy atom. The summed E-state index contributed by atoms with van der Waals surface area (Å²) in [7, 11) is -3.72. The predicted molar refractivity (Wildman–Crippen MR) is 123 cm³/mol. The van der Waals surface area contributed by atoms with Crippen molar-refractivity contribution in [1.29, 1.82) is 0 Å². The average Bonchev–Trinajstić information content (AvgIpc) is 2.85. The topological polar surface area (TPSA) is 119 Å². The molecule has 1 saturated heterocycles. The maximum absolute atomic E-state index is 12.9. The highest BCUT2D eigenvalue weighted by molar-refractivity contribution is 7.89. The Kier molecular flexibility index (Phi) is 6.52. The van der Waals surface area contributed by atoms with Crippen LogP contribution in [0.3, 0.4) is 0 Å². The van der Waals surface area contributed by atoms with E-state index in [1.807, 2.05) is 48.2 Å². The molecule has 11 heteroatoms. The Bertz CT molecular complexity index is 1210. The molecule has 0 saturated carbocycles. The Balaban J connectivity index is 1.39. The lowest BCUT2D eigenvalue weighted by Gasteiger charge is -2.34. The van der Waals surface area contributed by atoms with Gasteiger partial charge in [0.2, 0.25) is 10.0 Å². The summed E-state index contributed by atoms with van der Waals surface area (Å²) in [6.45, 7) is 4.02. The van der Waals surface area contributed by atoms with Crippen LogP contribution < -0.4 is 9.64 Å². The normalized spacial score (nSPS) is 14.8. The summed E-state index contributed by atoms with van der Waals surface area (Å²) >= 11 is 0. The molecule has 0 N–H and O–H groups in total. The minimum Gasteiger partial charge on any atom is -0.494 e. The van der Waals surface area contributed by atoms with Crippen molar-refractivity contribution in [2.45, 2.75) is 11.8 Å². The van der Waals surface area contributed by atoms with E-state index in [1.165, 1.54) is 28.6 Å². The highest BCUT2D eigenvalue weighted by Crippen LogP contribution is 2.24. The van der Waals surface area contributed by atoms with E-state index in [0.717, 1.165) is 17.0 Å². The first-order valence-corrected chi connectivity index (χ1v) is 11.9. The van der Waals surface area contributed by atoms with Gasteiger partial charge in [0.1, 0.15) is 5.75 Å². The molecule has 0 atom stereocenters. The van der Waals surface area contributed by atoms with Crippen LogP contribution in [0, 0.1) is 10.1 Å². The van der Waals surface area contributed by atoms with Gasteiger partial charge in [-0.15, -0.1) is 10.2 Å². The van der Waals surface area contributed by atoms with Crippen LogP contribution in [0.2, 0.25) is 0 Å². The molecule has 3 aromatic rings. The highest BCUT2D eigenvalue weighted by atomic mass is 32.2. The van der Waals surface area contributed by atoms with Crippen molar-refractivity contribution in [3.63, 3.8) is 0 Å². The fourth-order valence-corrected chi connectivity index (χ4v) is 5.01. The zero-order valence-corrected chi connectivity index (χ0v) is 18.8. The smallest absolute Gasteiger partial charge is 0.269 e. The first-order chi connectivity index (χ1) is 15.9. The molecule has 10 nitrogen and oxygen atoms in total. The molecule has 33 heavy (non-hydrogen) atoms. The number of piperazine rings is 1. The molecule has 1 aromatic heterocycles. The van der Waals surface area contributed by atoms with Gasteiger partial charge >= 0.3 is 0 Å². The van der Waals surface area contributed by atoms with Crippen molar-refractivity contribution in [2.24, 2.45) is 0 Å². The van der Waals surface area contributed by atoms with Crippen LogP contribution >= 0.6 is 0 Å². The first-order valence-electron chi connectivity index (χ1n) is 10.4. The maximum Gasteiger partial charge on any atom is 0.269 e. The molecule has 4 rings (SSSR count). The van der Waals surface area contributed by atoms with Crippen LogP contribution in [-0.2, 0) is 10.0 Å². The number of non-ortho nitro benzene ring substituents is 1. The van der Waals surface area contributed by atoms with Crippen molar-refractivity contribution in [3.8, 4) is 17.0 Å². The largest absolute Gasteiger partial charge is 0.494 e. The lowest BCUT2D eigenvalue weighted by molar-refractivity contribution is -0.384. The number of ether oxygens (including phenoxy) is 1. The number of hydrogen-bond donors (Lipinski definition) is 0. The van der Waals surface area contributed by atoms with Gasteiger partial charge in [-0.25, -0.2) is 8.42 Å². The van der Waals surface area contributed by atoms with Crippen LogP contribution in [0.1, 0.15) is 6.92 Å². The summed E-state index contributed by atoms with van der Waals surface area (Å²) in [5.41, 5.74) is 1.52. The van der Waals surface area contributed by atoms with E-state index in [0.29, 0.717) is 25.5 Å². The molecule has 2 aromatic carbocycles. The maximum atomic E-state index is 12.9. The Labute approximate surface area is 191 Å². The van der Waals surface area contributed by atoms with Gasteiger partial charge in [-0.2, -0.15) is 4.31 Å². The molecular weight excluding hydrogens is 446 g/mol. The fourth-order valence-electron chi connectivity index (χ4n) is 3.58. The van der Waals surface area contributed by atoms with Gasteiger partial charge in [0.25, 0.3) is 5.69 Å². The first kappa shape index (κ1) is 22.6. The lowest BCUT2D eigenvalue weighted by Crippen LogP contribution is -2.48. The molecule has 2 heterocycles. The standard InChI is InChI=1S/C22H23N5O5S/c1-2-32-19-7-3-17(4-8-19)21-11-12-22(24-23-21)25-13-15-26(16-14-25)33(30,31)20-9-5-18(6-10-20)27(28)29/h3-12H,2,13-16H2,1H3. The molecule has 1 aliphatic rings. The average molecular weight is 470 g/mol. The van der Waals surface area contributed by atoms with E-state index in [4.69, 9.17) is 4.74 Å². The molecule has 0 spiro atoms. The van der Waals surface area contributed by atoms with Crippen LogP contribution in [0.25, 0.3) is 11.3 Å². The molecular formula is C22H23N5O5S. The van der Waals surface area contributed by atoms with Crippen molar-refractivity contribution in [1.82, 2.24) is 14.5 Å². The van der Waals surface area contributed by atoms with Crippen LogP contribution in [-0.4, -0.2) is 60.6 Å². The Hall–Kier alpha value is -3.57. The lowest BCUT2D eigenvalue weighted by atomic mass is 10.1. The summed E-state index contributed by atoms with van der Waals surface area (Å²) < 4.78 is 32.6. The van der Waals surface area contributed by atoms with Gasteiger partial charge in [0.15, 0.2) is 5.82 Å². The number of nitro benzene ring substituents is 1. The third-order valence-corrected chi connectivity index (χ3v) is 7.27. The Morgan fingerprint density at radius 1 is 0.939 bits per heavy atom. The van der Waals surface area contributed by atoms with E-state index in [9.17, 15) is 18.5 Å². The van der Waals surface area contributed by atoms with Gasteiger partial charge < -0.3 is 9.64 Å². The number of nitrogens with zero attached hydrogens (tertiary/aromatic N) is 5. The third kappa shape index (κ3) is 4.94. The number of anilines is 1. The second kappa shape index (κ2) is 9.51. The number of hydrogen-bond acceptors (Lipinski definition) is 8. The number of aromatic nitrogens is 2. The van der Waals surface area contributed by atoms with Crippen LogP contribution in [0.4, 0.5) is 11.5 Å². The minimum atomic E-state index is -3.72. The molecule has 1 aliphatic heterocycles. The second-order valence-electron chi connectivity index (χ2n) is 7.38. The SMILES string of the molecule is CCOc1ccc(-c2ccc(N3CCN(S(=O)(=O)c4ccc([N+](=O)[O-])cc4)CC3)nn2)cc1. The van der Waals surface area contributed by atoms with Crippen molar-refractivity contribution in [2.75, 3.05) is 37.7 Å². The molecule has 0 amide bonds. The molecule has 1 fully saturated rings. The van der Waals surface area contributed by atoms with Crippen LogP contribution in [0.5, 0.6) is 5.75 Å². The number of benzene rings is 2. The van der Waals surface area contributed by atoms with E-state index in [1.54, 1.807) is 0 Å². The highest BCUT2D eigenvalue weighted by Gasteiger charge is 2.29. The van der Waals surface area contributed by atoms with E-state index >= 15 is 0 Å².